The van der Waals surface area contributed by atoms with E-state index < -0.39 is 0 Å². The fourth-order valence-corrected chi connectivity index (χ4v) is 2.89. The van der Waals surface area contributed by atoms with E-state index in [0.717, 1.165) is 5.56 Å². The highest BCUT2D eigenvalue weighted by Gasteiger charge is 2.21. The molecule has 3 rings (SSSR count). The second-order valence-corrected chi connectivity index (χ2v) is 6.03. The molecule has 0 radical (unpaired) electrons. The fraction of sp³-hybridized carbons (Fsp3) is 0.263. The van der Waals surface area contributed by atoms with E-state index in [4.69, 9.17) is 25.8 Å². The number of rotatable bonds is 7. The van der Waals surface area contributed by atoms with Crippen LogP contribution in [0.1, 0.15) is 0 Å². The summed E-state index contributed by atoms with van der Waals surface area (Å²) >= 11 is 5.98. The summed E-state index contributed by atoms with van der Waals surface area (Å²) in [5.41, 5.74) is 1.36. The van der Waals surface area contributed by atoms with Gasteiger partial charge < -0.3 is 24.6 Å². The summed E-state index contributed by atoms with van der Waals surface area (Å²) in [7, 11) is 4.63. The number of benzene rings is 2. The molecule has 0 bridgehead atoms. The largest absolute Gasteiger partial charge is 0.493 e. The van der Waals surface area contributed by atoms with Gasteiger partial charge in [0.25, 0.3) is 0 Å². The van der Waals surface area contributed by atoms with Crippen LogP contribution in [0.15, 0.2) is 30.3 Å². The monoisotopic (exact) mass is 425 g/mol. The highest BCUT2D eigenvalue weighted by Crippen LogP contribution is 2.44. The number of hydrogen-bond donors (Lipinski definition) is 2. The molecule has 9 heteroatoms. The van der Waals surface area contributed by atoms with Gasteiger partial charge in [0.1, 0.15) is 11.3 Å². The van der Waals surface area contributed by atoms with Crippen molar-refractivity contribution in [2.75, 3.05) is 39.8 Å². The second kappa shape index (κ2) is 9.64. The lowest BCUT2D eigenvalue weighted by Gasteiger charge is -2.17. The minimum Gasteiger partial charge on any atom is -0.493 e. The second-order valence-electron chi connectivity index (χ2n) is 5.59. The molecular formula is C19H21Cl2N3O4. The summed E-state index contributed by atoms with van der Waals surface area (Å²) in [6, 6.07) is 9.01. The smallest absolute Gasteiger partial charge is 0.205 e. The van der Waals surface area contributed by atoms with Gasteiger partial charge >= 0.3 is 0 Å². The summed E-state index contributed by atoms with van der Waals surface area (Å²) in [6.45, 7) is 0.301. The normalized spacial score (nSPS) is 10.3. The van der Waals surface area contributed by atoms with E-state index >= 15 is 0 Å². The molecule has 0 saturated heterocycles. The fourth-order valence-electron chi connectivity index (χ4n) is 2.77. The van der Waals surface area contributed by atoms with Crippen molar-refractivity contribution in [1.82, 2.24) is 9.97 Å². The molecule has 2 N–H and O–H groups in total. The maximum Gasteiger partial charge on any atom is 0.205 e. The van der Waals surface area contributed by atoms with Crippen LogP contribution in [0.2, 0.25) is 5.02 Å². The van der Waals surface area contributed by atoms with Gasteiger partial charge in [-0.15, -0.1) is 12.4 Å². The summed E-state index contributed by atoms with van der Waals surface area (Å²) < 4.78 is 16.5. The maximum atomic E-state index is 9.21. The topological polar surface area (TPSA) is 85.7 Å². The number of ether oxygens (including phenoxy) is 3. The minimum atomic E-state index is -0.0355. The number of nitrogens with one attached hydrogen (secondary N) is 1. The number of anilines is 1. The van der Waals surface area contributed by atoms with Crippen molar-refractivity contribution in [2.24, 2.45) is 0 Å². The Labute approximate surface area is 174 Å². The van der Waals surface area contributed by atoms with Gasteiger partial charge in [-0.05, 0) is 30.3 Å². The summed E-state index contributed by atoms with van der Waals surface area (Å²) in [5.74, 6) is 2.43. The van der Waals surface area contributed by atoms with E-state index in [1.54, 1.807) is 39.5 Å². The van der Waals surface area contributed by atoms with Crippen LogP contribution in [0.4, 0.5) is 5.82 Å². The van der Waals surface area contributed by atoms with Crippen molar-refractivity contribution < 1.29 is 19.3 Å². The molecule has 0 aliphatic carbocycles. The van der Waals surface area contributed by atoms with Crippen LogP contribution in [0.5, 0.6) is 17.2 Å². The SMILES string of the molecule is COc1cc2c(NCCO)nc(-c3ccc(Cl)cc3)nc2c(OC)c1OC.Cl. The van der Waals surface area contributed by atoms with E-state index in [1.165, 1.54) is 0 Å². The Hall–Kier alpha value is -2.48. The van der Waals surface area contributed by atoms with Crippen LogP contribution in [0.3, 0.4) is 0 Å². The van der Waals surface area contributed by atoms with Gasteiger partial charge in [0.05, 0.1) is 33.3 Å². The molecule has 0 aliphatic rings. The first kappa shape index (κ1) is 21.8. The summed E-state index contributed by atoms with van der Waals surface area (Å²) in [4.78, 5) is 9.30. The van der Waals surface area contributed by atoms with Gasteiger partial charge in [-0.1, -0.05) is 11.6 Å². The van der Waals surface area contributed by atoms with Gasteiger partial charge in [-0.2, -0.15) is 0 Å². The Bertz CT molecular complexity index is 952. The highest BCUT2D eigenvalue weighted by molar-refractivity contribution is 6.30. The zero-order valence-electron chi connectivity index (χ0n) is 15.7. The lowest BCUT2D eigenvalue weighted by molar-refractivity contribution is 0.311. The molecule has 0 fully saturated rings. The van der Waals surface area contributed by atoms with Gasteiger partial charge in [0.15, 0.2) is 17.3 Å². The zero-order chi connectivity index (χ0) is 19.4. The van der Waals surface area contributed by atoms with E-state index in [-0.39, 0.29) is 19.0 Å². The Morgan fingerprint density at radius 1 is 1.00 bits per heavy atom. The predicted octanol–water partition coefficient (Wildman–Crippen LogP) is 3.80. The Kier molecular flexibility index (Phi) is 7.51. The first-order valence-corrected chi connectivity index (χ1v) is 8.62. The van der Waals surface area contributed by atoms with Crippen molar-refractivity contribution in [3.05, 3.63) is 35.4 Å². The molecule has 3 aromatic rings. The molecular weight excluding hydrogens is 405 g/mol. The molecule has 0 saturated carbocycles. The minimum absolute atomic E-state index is 0. The number of aliphatic hydroxyl groups is 1. The number of aliphatic hydroxyl groups excluding tert-OH is 1. The Morgan fingerprint density at radius 3 is 2.25 bits per heavy atom. The molecule has 1 aromatic heterocycles. The number of halogens is 2. The van der Waals surface area contributed by atoms with Crippen LogP contribution in [-0.4, -0.2) is 49.6 Å². The molecule has 0 atom stereocenters. The number of aromatic nitrogens is 2. The molecule has 0 unspecified atom stereocenters. The third-order valence-electron chi connectivity index (χ3n) is 4.00. The highest BCUT2D eigenvalue weighted by atomic mass is 35.5. The van der Waals surface area contributed by atoms with Crippen LogP contribution < -0.4 is 19.5 Å². The molecule has 0 aliphatic heterocycles. The number of nitrogens with zero attached hydrogens (tertiary/aromatic N) is 2. The third-order valence-corrected chi connectivity index (χ3v) is 4.25. The predicted molar refractivity (Wildman–Crippen MR) is 112 cm³/mol. The first-order valence-electron chi connectivity index (χ1n) is 8.24. The Balaban J connectivity index is 0.00000280. The number of fused-ring (bicyclic) bond motifs is 1. The first-order chi connectivity index (χ1) is 13.1. The van der Waals surface area contributed by atoms with Crippen molar-refractivity contribution >= 4 is 40.7 Å². The van der Waals surface area contributed by atoms with Crippen molar-refractivity contribution in [3.63, 3.8) is 0 Å². The third kappa shape index (κ3) is 4.16. The van der Waals surface area contributed by atoms with E-state index in [0.29, 0.717) is 51.4 Å². The van der Waals surface area contributed by atoms with E-state index in [9.17, 15) is 5.11 Å². The van der Waals surface area contributed by atoms with E-state index in [2.05, 4.69) is 15.3 Å². The van der Waals surface area contributed by atoms with Gasteiger partial charge in [0.2, 0.25) is 5.75 Å². The molecule has 2 aromatic carbocycles. The van der Waals surface area contributed by atoms with Crippen LogP contribution >= 0.6 is 24.0 Å². The van der Waals surface area contributed by atoms with Gasteiger partial charge in [-0.3, -0.25) is 0 Å². The molecule has 7 nitrogen and oxygen atoms in total. The molecule has 0 amide bonds. The van der Waals surface area contributed by atoms with Crippen molar-refractivity contribution in [1.29, 1.82) is 0 Å². The zero-order valence-corrected chi connectivity index (χ0v) is 17.2. The summed E-state index contributed by atoms with van der Waals surface area (Å²) in [5, 5.41) is 13.6. The lowest BCUT2D eigenvalue weighted by atomic mass is 10.1. The standard InChI is InChI=1S/C19H20ClN3O4.ClH/c1-25-14-10-13-15(17(27-3)16(14)26-2)22-18(23-19(13)21-8-9-24)11-4-6-12(20)7-5-11;/h4-7,10,24H,8-9H2,1-3H3,(H,21,22,23);1H. The summed E-state index contributed by atoms with van der Waals surface area (Å²) in [6.07, 6.45) is 0. The van der Waals surface area contributed by atoms with Gasteiger partial charge in [0, 0.05) is 17.1 Å². The molecule has 0 spiro atoms. The Morgan fingerprint density at radius 2 is 1.68 bits per heavy atom. The average Bonchev–Trinajstić information content (AvgIpc) is 2.70. The van der Waals surface area contributed by atoms with Crippen molar-refractivity contribution in [3.8, 4) is 28.6 Å². The van der Waals surface area contributed by atoms with E-state index in [1.807, 2.05) is 12.1 Å². The lowest BCUT2D eigenvalue weighted by Crippen LogP contribution is -2.09. The van der Waals surface area contributed by atoms with Crippen LogP contribution in [0, 0.1) is 0 Å². The average molecular weight is 426 g/mol. The number of methoxy groups -OCH3 is 3. The molecule has 150 valence electrons. The maximum absolute atomic E-state index is 9.21. The van der Waals surface area contributed by atoms with Gasteiger partial charge in [-0.25, -0.2) is 9.97 Å². The number of hydrogen-bond acceptors (Lipinski definition) is 7. The molecule has 1 heterocycles. The van der Waals surface area contributed by atoms with Crippen molar-refractivity contribution in [2.45, 2.75) is 0 Å². The quantitative estimate of drug-likeness (QED) is 0.594. The van der Waals surface area contributed by atoms with Crippen LogP contribution in [0.25, 0.3) is 22.3 Å². The van der Waals surface area contributed by atoms with Crippen LogP contribution in [-0.2, 0) is 0 Å². The molecule has 28 heavy (non-hydrogen) atoms.